The van der Waals surface area contributed by atoms with Crippen LogP contribution in [0.2, 0.25) is 0 Å². The molecule has 1 fully saturated rings. The summed E-state index contributed by atoms with van der Waals surface area (Å²) in [6.45, 7) is 1.58. The zero-order valence-corrected chi connectivity index (χ0v) is 22.1. The van der Waals surface area contributed by atoms with Crippen molar-refractivity contribution in [3.63, 3.8) is 0 Å². The molecule has 2 amide bonds. The third kappa shape index (κ3) is 4.22. The number of anilines is 1. The van der Waals surface area contributed by atoms with E-state index in [1.165, 1.54) is 30.3 Å². The summed E-state index contributed by atoms with van der Waals surface area (Å²) in [7, 11) is 0. The number of allylic oxidation sites excluding steroid dienone is 6. The largest absolute Gasteiger partial charge is 0.491 e. The molecule has 1 aliphatic heterocycles. The molecule has 1 heterocycles. The Morgan fingerprint density at radius 2 is 1.80 bits per heavy atom. The highest BCUT2D eigenvalue weighted by atomic mass is 16.6. The van der Waals surface area contributed by atoms with Gasteiger partial charge >= 0.3 is 0 Å². The highest BCUT2D eigenvalue weighted by Crippen LogP contribution is 2.55. The van der Waals surface area contributed by atoms with Gasteiger partial charge in [-0.1, -0.05) is 29.8 Å². The van der Waals surface area contributed by atoms with Gasteiger partial charge in [0.1, 0.15) is 12.4 Å². The van der Waals surface area contributed by atoms with Gasteiger partial charge in [0.25, 0.3) is 5.69 Å². The van der Waals surface area contributed by atoms with Crippen molar-refractivity contribution >= 4 is 34.8 Å². The second-order valence-corrected chi connectivity index (χ2v) is 10.7. The number of aliphatic hydroxyl groups is 1. The summed E-state index contributed by atoms with van der Waals surface area (Å²) in [5, 5.41) is 20.4. The molecule has 2 aromatic rings. The predicted octanol–water partition coefficient (Wildman–Crippen LogP) is 3.60. The Kier molecular flexibility index (Phi) is 6.50. The topological polar surface area (TPSA) is 144 Å². The van der Waals surface area contributed by atoms with E-state index in [2.05, 4.69) is 0 Å². The maximum absolute atomic E-state index is 13.9. The smallest absolute Gasteiger partial charge is 0.271 e. The average molecular weight is 555 g/mol. The molecule has 208 valence electrons. The molecule has 0 aromatic heterocycles. The number of nitro groups is 1. The van der Waals surface area contributed by atoms with Crippen LogP contribution in [-0.2, 0) is 19.2 Å². The molecule has 41 heavy (non-hydrogen) atoms. The summed E-state index contributed by atoms with van der Waals surface area (Å²) in [5.41, 5.74) is 2.53. The first-order valence-electron chi connectivity index (χ1n) is 13.4. The Morgan fingerprint density at radius 3 is 2.51 bits per heavy atom. The van der Waals surface area contributed by atoms with Crippen LogP contribution in [0.4, 0.5) is 11.4 Å². The number of rotatable bonds is 6. The van der Waals surface area contributed by atoms with Crippen molar-refractivity contribution in [1.82, 2.24) is 0 Å². The number of ether oxygens (including phenoxy) is 1. The van der Waals surface area contributed by atoms with Crippen molar-refractivity contribution < 1.29 is 33.9 Å². The molecule has 0 saturated carbocycles. The van der Waals surface area contributed by atoms with Crippen molar-refractivity contribution in [2.45, 2.75) is 25.7 Å². The number of carbonyl (C=O) groups is 4. The number of nitrogens with zero attached hydrogens (tertiary/aromatic N) is 2. The number of hydrogen-bond donors (Lipinski definition) is 1. The van der Waals surface area contributed by atoms with Gasteiger partial charge in [-0.3, -0.25) is 29.3 Å². The van der Waals surface area contributed by atoms with Crippen LogP contribution in [0, 0.1) is 27.9 Å². The van der Waals surface area contributed by atoms with Gasteiger partial charge in [-0.05, 0) is 55.5 Å². The number of non-ortho nitro benzene ring substituents is 1. The Bertz CT molecular complexity index is 1620. The molecule has 2 aromatic carbocycles. The van der Waals surface area contributed by atoms with Gasteiger partial charge in [0, 0.05) is 34.8 Å². The second kappa shape index (κ2) is 10.0. The van der Waals surface area contributed by atoms with Gasteiger partial charge in [0.2, 0.25) is 11.8 Å². The number of hydrogen-bond acceptors (Lipinski definition) is 8. The molecule has 10 heteroatoms. The lowest BCUT2D eigenvalue weighted by Gasteiger charge is -2.42. The molecule has 0 spiro atoms. The van der Waals surface area contributed by atoms with Crippen LogP contribution in [0.3, 0.4) is 0 Å². The van der Waals surface area contributed by atoms with Crippen molar-refractivity contribution in [2.24, 2.45) is 17.8 Å². The molecule has 1 N–H and O–H groups in total. The van der Waals surface area contributed by atoms with Crippen LogP contribution >= 0.6 is 0 Å². The van der Waals surface area contributed by atoms with E-state index in [1.807, 2.05) is 6.08 Å². The molecule has 0 unspecified atom stereocenters. The number of amides is 2. The molecule has 4 atom stereocenters. The molecule has 3 aliphatic carbocycles. The standard InChI is InChI=1S/C31H26N2O8/c1-16-13-25(35)28-24(29(16)36)15-23-21(26(28)17-5-7-20(8-6-17)41-12-11-34)9-10-22-27(23)31(38)32(30(22)37)18-3-2-4-19(14-18)33(39)40/h2-9,13-14,22-23,26-27,34H,10-12,15H2,1H3/t22-,23+,26-,27-/m0/s1. The van der Waals surface area contributed by atoms with E-state index in [0.717, 1.165) is 16.0 Å². The van der Waals surface area contributed by atoms with Crippen LogP contribution < -0.4 is 9.64 Å². The molecule has 0 radical (unpaired) electrons. The fourth-order valence-electron chi connectivity index (χ4n) is 6.68. The van der Waals surface area contributed by atoms with E-state index in [-0.39, 0.29) is 49.0 Å². The summed E-state index contributed by atoms with van der Waals surface area (Å²) in [4.78, 5) is 66.1. The number of Topliss-reactive ketones (excluding diaryl/α,β-unsaturated/α-hetero) is 1. The van der Waals surface area contributed by atoms with Crippen LogP contribution in [0.15, 0.2) is 83.0 Å². The first-order valence-corrected chi connectivity index (χ1v) is 13.4. The second-order valence-electron chi connectivity index (χ2n) is 10.7. The summed E-state index contributed by atoms with van der Waals surface area (Å²) in [6, 6.07) is 12.5. The quantitative estimate of drug-likeness (QED) is 0.188. The molecular formula is C31H26N2O8. The number of benzene rings is 2. The first kappa shape index (κ1) is 26.5. The summed E-state index contributed by atoms with van der Waals surface area (Å²) >= 11 is 0. The molecular weight excluding hydrogens is 528 g/mol. The number of ketones is 2. The third-order valence-electron chi connectivity index (χ3n) is 8.43. The van der Waals surface area contributed by atoms with E-state index in [1.54, 1.807) is 31.2 Å². The number of carbonyl (C=O) groups excluding carboxylic acids is 4. The minimum absolute atomic E-state index is 0.128. The van der Waals surface area contributed by atoms with E-state index in [4.69, 9.17) is 9.84 Å². The third-order valence-corrected chi connectivity index (χ3v) is 8.43. The lowest BCUT2D eigenvalue weighted by molar-refractivity contribution is -0.384. The van der Waals surface area contributed by atoms with Crippen molar-refractivity contribution in [1.29, 1.82) is 0 Å². The first-order chi connectivity index (χ1) is 19.7. The number of fused-ring (bicyclic) bond motifs is 3. The van der Waals surface area contributed by atoms with Crippen LogP contribution in [0.1, 0.15) is 31.2 Å². The SMILES string of the molecule is CC1=CC(=O)C2=C(C[C@@H]3C(=CC[C@@H]4C(=O)N(c5cccc([N+](=O)[O-])c5)C(=O)[C@@H]43)[C@@H]2c2ccc(OCCO)cc2)C1=O. The monoisotopic (exact) mass is 554 g/mol. The molecule has 0 bridgehead atoms. The van der Waals surface area contributed by atoms with E-state index >= 15 is 0 Å². The molecule has 10 nitrogen and oxygen atoms in total. The minimum Gasteiger partial charge on any atom is -0.491 e. The summed E-state index contributed by atoms with van der Waals surface area (Å²) < 4.78 is 5.49. The minimum atomic E-state index is -0.778. The lowest BCUT2D eigenvalue weighted by atomic mass is 9.59. The molecule has 1 saturated heterocycles. The summed E-state index contributed by atoms with van der Waals surface area (Å²) in [6.07, 6.45) is 3.68. The maximum atomic E-state index is 13.9. The number of imide groups is 1. The lowest BCUT2D eigenvalue weighted by Crippen LogP contribution is -2.39. The van der Waals surface area contributed by atoms with Gasteiger partial charge in [-0.15, -0.1) is 0 Å². The van der Waals surface area contributed by atoms with E-state index < -0.39 is 40.4 Å². The zero-order valence-electron chi connectivity index (χ0n) is 22.1. The fourth-order valence-corrected chi connectivity index (χ4v) is 6.68. The van der Waals surface area contributed by atoms with Gasteiger partial charge in [0.05, 0.1) is 29.1 Å². The van der Waals surface area contributed by atoms with E-state index in [0.29, 0.717) is 22.5 Å². The predicted molar refractivity (Wildman–Crippen MR) is 146 cm³/mol. The molecule has 4 aliphatic rings. The van der Waals surface area contributed by atoms with Crippen LogP contribution in [0.5, 0.6) is 5.75 Å². The van der Waals surface area contributed by atoms with Crippen molar-refractivity contribution in [3.8, 4) is 5.75 Å². The average Bonchev–Trinajstić information content (AvgIpc) is 3.23. The number of nitro benzene ring substituents is 1. The fraction of sp³-hybridized carbons (Fsp3) is 0.290. The van der Waals surface area contributed by atoms with Gasteiger partial charge in [-0.25, -0.2) is 4.90 Å². The Labute approximate surface area is 234 Å². The molecule has 6 rings (SSSR count). The van der Waals surface area contributed by atoms with Crippen molar-refractivity contribution in [3.05, 3.63) is 98.7 Å². The highest BCUT2D eigenvalue weighted by molar-refractivity contribution is 6.25. The van der Waals surface area contributed by atoms with Gasteiger partial charge < -0.3 is 9.84 Å². The van der Waals surface area contributed by atoms with E-state index in [9.17, 15) is 29.3 Å². The Morgan fingerprint density at radius 1 is 1.05 bits per heavy atom. The zero-order chi connectivity index (χ0) is 29.0. The van der Waals surface area contributed by atoms with Crippen LogP contribution in [0.25, 0.3) is 0 Å². The highest BCUT2D eigenvalue weighted by Gasteiger charge is 2.56. The summed E-state index contributed by atoms with van der Waals surface area (Å²) in [5.74, 6) is -3.42. The van der Waals surface area contributed by atoms with Crippen LogP contribution in [-0.4, -0.2) is 46.6 Å². The Hall–Kier alpha value is -4.70. The maximum Gasteiger partial charge on any atom is 0.271 e. The normalized spacial score (nSPS) is 25.4. The Balaban J connectivity index is 1.43. The van der Waals surface area contributed by atoms with Gasteiger partial charge in [0.15, 0.2) is 11.6 Å². The van der Waals surface area contributed by atoms with Gasteiger partial charge in [-0.2, -0.15) is 0 Å². The van der Waals surface area contributed by atoms with Crippen molar-refractivity contribution in [2.75, 3.05) is 18.1 Å². The number of aliphatic hydroxyl groups excluding tert-OH is 1.